The molecule has 0 spiro atoms. The van der Waals surface area contributed by atoms with E-state index in [-0.39, 0.29) is 17.7 Å². The van der Waals surface area contributed by atoms with Gasteiger partial charge in [-0.05, 0) is 12.1 Å². The van der Waals surface area contributed by atoms with Crippen LogP contribution in [0, 0.1) is 0 Å². The van der Waals surface area contributed by atoms with Crippen molar-refractivity contribution >= 4 is 22.3 Å². The van der Waals surface area contributed by atoms with Crippen molar-refractivity contribution in [3.63, 3.8) is 0 Å². The van der Waals surface area contributed by atoms with E-state index in [1.807, 2.05) is 4.90 Å². The average molecular weight is 372 g/mol. The number of halogens is 3. The molecule has 1 saturated heterocycles. The molecule has 10 heteroatoms. The van der Waals surface area contributed by atoms with Gasteiger partial charge >= 0.3 is 6.18 Å². The van der Waals surface area contributed by atoms with E-state index in [9.17, 15) is 13.2 Å². The third kappa shape index (κ3) is 3.78. The number of alkyl halides is 3. The molecule has 1 aliphatic heterocycles. The van der Waals surface area contributed by atoms with Crippen LogP contribution in [-0.2, 0) is 6.18 Å². The first-order chi connectivity index (χ1) is 11.9. The smallest absolute Gasteiger partial charge is 0.419 e. The third-order valence-corrected chi connectivity index (χ3v) is 4.84. The molecule has 0 amide bonds. The maximum absolute atomic E-state index is 13.0. The SMILES string of the molecule is NC(=NO)c1cnc(N2CCC(Oc3ccccc3C(F)(F)F)C2)s1. The van der Waals surface area contributed by atoms with Crippen LogP contribution in [0.4, 0.5) is 18.3 Å². The Bertz CT molecular complexity index is 778. The molecular formula is C15H15F3N4O2S. The normalized spacial score (nSPS) is 18.6. The monoisotopic (exact) mass is 372 g/mol. The fourth-order valence-electron chi connectivity index (χ4n) is 2.56. The Morgan fingerprint density at radius 3 is 2.88 bits per heavy atom. The average Bonchev–Trinajstić information content (AvgIpc) is 3.22. The number of rotatable bonds is 4. The molecule has 1 aromatic carbocycles. The van der Waals surface area contributed by atoms with Crippen LogP contribution in [-0.4, -0.2) is 35.2 Å². The van der Waals surface area contributed by atoms with Gasteiger partial charge < -0.3 is 20.6 Å². The number of para-hydroxylation sites is 1. The molecule has 25 heavy (non-hydrogen) atoms. The molecule has 0 aliphatic carbocycles. The number of anilines is 1. The van der Waals surface area contributed by atoms with E-state index >= 15 is 0 Å². The molecule has 1 unspecified atom stereocenters. The van der Waals surface area contributed by atoms with Gasteiger partial charge in [-0.25, -0.2) is 4.98 Å². The fourth-order valence-corrected chi connectivity index (χ4v) is 3.41. The first kappa shape index (κ1) is 17.3. The van der Waals surface area contributed by atoms with Crippen molar-refractivity contribution in [2.45, 2.75) is 18.7 Å². The highest BCUT2D eigenvalue weighted by Crippen LogP contribution is 2.37. The van der Waals surface area contributed by atoms with Crippen LogP contribution in [0.15, 0.2) is 35.6 Å². The topological polar surface area (TPSA) is 84.0 Å². The van der Waals surface area contributed by atoms with Gasteiger partial charge in [-0.2, -0.15) is 13.2 Å². The highest BCUT2D eigenvalue weighted by molar-refractivity contribution is 7.17. The zero-order valence-electron chi connectivity index (χ0n) is 12.9. The molecule has 0 saturated carbocycles. The summed E-state index contributed by atoms with van der Waals surface area (Å²) in [5, 5.41) is 12.2. The van der Waals surface area contributed by atoms with Gasteiger partial charge in [0.05, 0.1) is 23.2 Å². The summed E-state index contributed by atoms with van der Waals surface area (Å²) in [6.45, 7) is 1.01. The lowest BCUT2D eigenvalue weighted by atomic mass is 10.2. The first-order valence-electron chi connectivity index (χ1n) is 7.40. The predicted octanol–water partition coefficient (Wildman–Crippen LogP) is 2.91. The predicted molar refractivity (Wildman–Crippen MR) is 87.3 cm³/mol. The molecule has 2 heterocycles. The van der Waals surface area contributed by atoms with Crippen molar-refractivity contribution in [3.05, 3.63) is 40.9 Å². The maximum atomic E-state index is 13.0. The second kappa shape index (κ2) is 6.79. The second-order valence-electron chi connectivity index (χ2n) is 5.46. The van der Waals surface area contributed by atoms with Gasteiger partial charge in [0.2, 0.25) is 0 Å². The number of hydrogen-bond donors (Lipinski definition) is 2. The number of amidine groups is 1. The maximum Gasteiger partial charge on any atom is 0.419 e. The lowest BCUT2D eigenvalue weighted by molar-refractivity contribution is -0.139. The summed E-state index contributed by atoms with van der Waals surface area (Å²) >= 11 is 1.24. The summed E-state index contributed by atoms with van der Waals surface area (Å²) < 4.78 is 44.7. The van der Waals surface area contributed by atoms with Crippen molar-refractivity contribution < 1.29 is 23.1 Å². The van der Waals surface area contributed by atoms with Gasteiger partial charge in [-0.3, -0.25) is 0 Å². The number of ether oxygens (including phenoxy) is 1. The minimum atomic E-state index is -4.46. The van der Waals surface area contributed by atoms with Crippen molar-refractivity contribution in [1.29, 1.82) is 0 Å². The summed E-state index contributed by atoms with van der Waals surface area (Å²) in [5.41, 5.74) is 4.73. The summed E-state index contributed by atoms with van der Waals surface area (Å²) in [6, 6.07) is 5.18. The molecular weight excluding hydrogens is 357 g/mol. The van der Waals surface area contributed by atoms with E-state index in [0.717, 1.165) is 6.07 Å². The number of hydrogen-bond acceptors (Lipinski definition) is 6. The molecule has 1 aliphatic rings. The molecule has 134 valence electrons. The second-order valence-corrected chi connectivity index (χ2v) is 6.47. The molecule has 2 aromatic rings. The lowest BCUT2D eigenvalue weighted by Crippen LogP contribution is -2.25. The Kier molecular flexibility index (Phi) is 4.71. The zero-order chi connectivity index (χ0) is 18.0. The van der Waals surface area contributed by atoms with Crippen LogP contribution in [0.1, 0.15) is 16.9 Å². The number of thiazole rings is 1. The Hall–Kier alpha value is -2.49. The summed E-state index contributed by atoms with van der Waals surface area (Å²) in [5.74, 6) is -0.201. The molecule has 0 bridgehead atoms. The van der Waals surface area contributed by atoms with Gasteiger partial charge in [-0.15, -0.1) is 0 Å². The summed E-state index contributed by atoms with van der Waals surface area (Å²) in [7, 11) is 0. The Balaban J connectivity index is 1.69. The standard InChI is InChI=1S/C15H15F3N4O2S/c16-15(17,18)10-3-1-2-4-11(10)24-9-5-6-22(8-9)14-20-7-12(25-14)13(19)21-23/h1-4,7,9,23H,5-6,8H2,(H2,19,21). The first-order valence-corrected chi connectivity index (χ1v) is 8.21. The molecule has 3 rings (SSSR count). The fraction of sp³-hybridized carbons (Fsp3) is 0.333. The van der Waals surface area contributed by atoms with Crippen molar-refractivity contribution in [3.8, 4) is 5.75 Å². The van der Waals surface area contributed by atoms with Gasteiger partial charge in [0.1, 0.15) is 11.9 Å². The molecule has 3 N–H and O–H groups in total. The van der Waals surface area contributed by atoms with Gasteiger partial charge in [0.25, 0.3) is 0 Å². The van der Waals surface area contributed by atoms with Gasteiger partial charge in [-0.1, -0.05) is 28.6 Å². The van der Waals surface area contributed by atoms with Crippen LogP contribution >= 0.6 is 11.3 Å². The van der Waals surface area contributed by atoms with Gasteiger partial charge in [0, 0.05) is 13.0 Å². The quantitative estimate of drug-likeness (QED) is 0.373. The molecule has 0 radical (unpaired) electrons. The number of oxime groups is 1. The Labute approximate surface area is 145 Å². The minimum absolute atomic E-state index is 0.0325. The largest absolute Gasteiger partial charge is 0.488 e. The van der Waals surface area contributed by atoms with Crippen LogP contribution in [0.25, 0.3) is 0 Å². The minimum Gasteiger partial charge on any atom is -0.488 e. The van der Waals surface area contributed by atoms with Crippen molar-refractivity contribution in [2.75, 3.05) is 18.0 Å². The molecule has 1 aromatic heterocycles. The van der Waals surface area contributed by atoms with Crippen LogP contribution < -0.4 is 15.4 Å². The highest BCUT2D eigenvalue weighted by Gasteiger charge is 2.35. The number of nitrogens with two attached hydrogens (primary N) is 1. The van der Waals surface area contributed by atoms with Gasteiger partial charge in [0.15, 0.2) is 11.0 Å². The molecule has 1 atom stereocenters. The van der Waals surface area contributed by atoms with Crippen molar-refractivity contribution in [1.82, 2.24) is 4.98 Å². The molecule has 6 nitrogen and oxygen atoms in total. The van der Waals surface area contributed by atoms with Crippen LogP contribution in [0.3, 0.4) is 0 Å². The van der Waals surface area contributed by atoms with E-state index in [1.54, 1.807) is 0 Å². The Morgan fingerprint density at radius 2 is 2.16 bits per heavy atom. The summed E-state index contributed by atoms with van der Waals surface area (Å²) in [6.07, 6.45) is -2.77. The number of benzene rings is 1. The van der Waals surface area contributed by atoms with Crippen LogP contribution in [0.2, 0.25) is 0 Å². The Morgan fingerprint density at radius 1 is 1.40 bits per heavy atom. The number of aromatic nitrogens is 1. The van der Waals surface area contributed by atoms with E-state index in [2.05, 4.69) is 10.1 Å². The van der Waals surface area contributed by atoms with E-state index in [4.69, 9.17) is 15.7 Å². The van der Waals surface area contributed by atoms with E-state index in [0.29, 0.717) is 29.5 Å². The third-order valence-electron chi connectivity index (χ3n) is 3.76. The van der Waals surface area contributed by atoms with E-state index in [1.165, 1.54) is 35.7 Å². The summed E-state index contributed by atoms with van der Waals surface area (Å²) in [4.78, 5) is 6.62. The zero-order valence-corrected chi connectivity index (χ0v) is 13.7. The van der Waals surface area contributed by atoms with E-state index < -0.39 is 11.7 Å². The molecule has 1 fully saturated rings. The number of nitrogens with zero attached hydrogens (tertiary/aromatic N) is 3. The van der Waals surface area contributed by atoms with Crippen molar-refractivity contribution in [2.24, 2.45) is 10.9 Å². The van der Waals surface area contributed by atoms with Crippen LogP contribution in [0.5, 0.6) is 5.75 Å². The lowest BCUT2D eigenvalue weighted by Gasteiger charge is -2.19. The highest BCUT2D eigenvalue weighted by atomic mass is 32.1.